The first-order chi connectivity index (χ1) is 19.6. The highest BCUT2D eigenvalue weighted by Gasteiger charge is 2.47. The third-order valence-electron chi connectivity index (χ3n) is 6.41. The number of aliphatic hydroxyl groups is 2. The van der Waals surface area contributed by atoms with Gasteiger partial charge in [-0.2, -0.15) is 4.31 Å². The molecule has 2 aromatic heterocycles. The number of sulfonamides is 1. The number of likely N-dealkylation sites (N-methyl/N-ethyl adjacent to an activating group) is 1. The maximum absolute atomic E-state index is 13.0. The van der Waals surface area contributed by atoms with Gasteiger partial charge >= 0.3 is 6.03 Å². The number of aromatic nitrogens is 4. The molecule has 0 spiro atoms. The maximum atomic E-state index is 13.0. The van der Waals surface area contributed by atoms with Gasteiger partial charge in [0.25, 0.3) is 5.91 Å². The standard InChI is InChI=1S/C25H34N8O7S/c1-4-11-32(12-5-2)41(38,39)16-9-7-15(8-10-16)30-25(37)31-21-17-22(28-13-27-21)33(14-29-17)24-19(35)18(34)20(40-24)23(36)26-6-3/h7-10,13-14,18-20,24,34-35H,4-6,11-12H2,1-3H3,(H,26,36)(H2,27,28,30,31,37)/t18-,19+,20-,24+/m0/s1. The molecule has 1 aromatic carbocycles. The third-order valence-corrected chi connectivity index (χ3v) is 8.32. The lowest BCUT2D eigenvalue weighted by atomic mass is 10.1. The van der Waals surface area contributed by atoms with Crippen molar-refractivity contribution in [3.8, 4) is 0 Å². The molecule has 1 fully saturated rings. The van der Waals surface area contributed by atoms with Gasteiger partial charge in [-0.3, -0.25) is 14.7 Å². The number of hydrogen-bond acceptors (Lipinski definition) is 10. The van der Waals surface area contributed by atoms with Crippen LogP contribution in [0.5, 0.6) is 0 Å². The summed E-state index contributed by atoms with van der Waals surface area (Å²) in [7, 11) is -3.66. The van der Waals surface area contributed by atoms with Crippen LogP contribution in [-0.2, 0) is 19.6 Å². The molecule has 1 saturated heterocycles. The number of amides is 3. The third kappa shape index (κ3) is 6.31. The number of aliphatic hydroxyl groups excluding tert-OH is 2. The van der Waals surface area contributed by atoms with E-state index in [0.29, 0.717) is 38.2 Å². The average molecular weight is 591 g/mol. The van der Waals surface area contributed by atoms with Crippen molar-refractivity contribution < 1.29 is 33.0 Å². The molecule has 3 aromatic rings. The van der Waals surface area contributed by atoms with Crippen molar-refractivity contribution in [3.63, 3.8) is 0 Å². The number of anilines is 2. The summed E-state index contributed by atoms with van der Waals surface area (Å²) in [6.45, 7) is 6.71. The van der Waals surface area contributed by atoms with Crippen LogP contribution in [0.25, 0.3) is 11.2 Å². The van der Waals surface area contributed by atoms with Crippen LogP contribution in [0.1, 0.15) is 39.8 Å². The van der Waals surface area contributed by atoms with Gasteiger partial charge in [0, 0.05) is 25.3 Å². The Morgan fingerprint density at radius 2 is 1.68 bits per heavy atom. The lowest BCUT2D eigenvalue weighted by Crippen LogP contribution is -2.42. The Morgan fingerprint density at radius 1 is 1.00 bits per heavy atom. The zero-order valence-electron chi connectivity index (χ0n) is 22.9. The molecular weight excluding hydrogens is 556 g/mol. The number of hydrogen-bond donors (Lipinski definition) is 5. The van der Waals surface area contributed by atoms with Crippen LogP contribution >= 0.6 is 0 Å². The van der Waals surface area contributed by atoms with Crippen LogP contribution in [0.4, 0.5) is 16.3 Å². The molecule has 222 valence electrons. The fourth-order valence-electron chi connectivity index (χ4n) is 4.49. The number of fused-ring (bicyclic) bond motifs is 1. The van der Waals surface area contributed by atoms with Crippen LogP contribution in [-0.4, -0.2) is 92.3 Å². The topological polar surface area (TPSA) is 201 Å². The van der Waals surface area contributed by atoms with E-state index in [1.165, 1.54) is 45.8 Å². The van der Waals surface area contributed by atoms with Gasteiger partial charge in [0.2, 0.25) is 10.0 Å². The van der Waals surface area contributed by atoms with E-state index in [1.807, 2.05) is 13.8 Å². The van der Waals surface area contributed by atoms with E-state index in [9.17, 15) is 28.2 Å². The second-order valence-corrected chi connectivity index (χ2v) is 11.3. The van der Waals surface area contributed by atoms with E-state index in [1.54, 1.807) is 6.92 Å². The molecule has 4 atom stereocenters. The predicted octanol–water partition coefficient (Wildman–Crippen LogP) is 1.04. The van der Waals surface area contributed by atoms with E-state index in [0.717, 1.165) is 0 Å². The van der Waals surface area contributed by atoms with Crippen LogP contribution in [0.2, 0.25) is 0 Å². The first kappa shape index (κ1) is 30.3. The average Bonchev–Trinajstić information content (AvgIpc) is 3.50. The number of carbonyl (C=O) groups excluding carboxylic acids is 2. The van der Waals surface area contributed by atoms with Crippen molar-refractivity contribution >= 4 is 44.6 Å². The van der Waals surface area contributed by atoms with Crippen LogP contribution < -0.4 is 16.0 Å². The number of ether oxygens (including phenoxy) is 1. The zero-order chi connectivity index (χ0) is 29.7. The summed E-state index contributed by atoms with van der Waals surface area (Å²) in [5.74, 6) is -0.516. The monoisotopic (exact) mass is 590 g/mol. The Balaban J connectivity index is 1.47. The molecule has 1 aliphatic heterocycles. The van der Waals surface area contributed by atoms with E-state index in [4.69, 9.17) is 4.74 Å². The van der Waals surface area contributed by atoms with Crippen molar-refractivity contribution in [2.24, 2.45) is 0 Å². The molecule has 0 unspecified atom stereocenters. The number of imidazole rings is 1. The normalized spacial score (nSPS) is 20.8. The quantitative estimate of drug-likeness (QED) is 0.215. The van der Waals surface area contributed by atoms with Gasteiger partial charge in [0.1, 0.15) is 18.5 Å². The minimum atomic E-state index is -3.66. The van der Waals surface area contributed by atoms with E-state index in [-0.39, 0.29) is 21.9 Å². The SMILES string of the molecule is CCCN(CCC)S(=O)(=O)c1ccc(NC(=O)Nc2ncnc3c2ncn3[C@@H]2O[C@H](C(=O)NCC)[C@@H](O)[C@H]2O)cc1. The first-order valence-corrected chi connectivity index (χ1v) is 14.7. The second kappa shape index (κ2) is 12.9. The summed E-state index contributed by atoms with van der Waals surface area (Å²) >= 11 is 0. The number of urea groups is 1. The molecule has 0 saturated carbocycles. The molecule has 15 nitrogen and oxygen atoms in total. The fourth-order valence-corrected chi connectivity index (χ4v) is 6.11. The summed E-state index contributed by atoms with van der Waals surface area (Å²) < 4.78 is 34.4. The van der Waals surface area contributed by atoms with Gasteiger partial charge in [0.15, 0.2) is 29.3 Å². The van der Waals surface area contributed by atoms with Crippen molar-refractivity contribution in [1.29, 1.82) is 0 Å². The van der Waals surface area contributed by atoms with E-state index >= 15 is 0 Å². The van der Waals surface area contributed by atoms with Crippen molar-refractivity contribution in [2.75, 3.05) is 30.3 Å². The minimum absolute atomic E-state index is 0.0496. The first-order valence-electron chi connectivity index (χ1n) is 13.3. The Labute approximate surface area is 237 Å². The second-order valence-electron chi connectivity index (χ2n) is 9.38. The molecule has 0 radical (unpaired) electrons. The smallest absolute Gasteiger partial charge is 0.324 e. The molecule has 41 heavy (non-hydrogen) atoms. The van der Waals surface area contributed by atoms with E-state index < -0.39 is 46.5 Å². The van der Waals surface area contributed by atoms with Gasteiger partial charge < -0.3 is 25.6 Å². The molecule has 0 bridgehead atoms. The van der Waals surface area contributed by atoms with Crippen molar-refractivity contribution in [3.05, 3.63) is 36.9 Å². The zero-order valence-corrected chi connectivity index (χ0v) is 23.7. The molecule has 16 heteroatoms. The summed E-state index contributed by atoms with van der Waals surface area (Å²) in [6.07, 6.45) is -1.52. The summed E-state index contributed by atoms with van der Waals surface area (Å²) in [5.41, 5.74) is 0.701. The highest BCUT2D eigenvalue weighted by Crippen LogP contribution is 2.32. The number of nitrogens with one attached hydrogen (secondary N) is 3. The number of nitrogens with zero attached hydrogens (tertiary/aromatic N) is 5. The Bertz CT molecular complexity index is 1470. The molecule has 5 N–H and O–H groups in total. The molecule has 1 aliphatic rings. The largest absolute Gasteiger partial charge is 0.387 e. The summed E-state index contributed by atoms with van der Waals surface area (Å²) in [4.78, 5) is 37.5. The fraction of sp³-hybridized carbons (Fsp3) is 0.480. The maximum Gasteiger partial charge on any atom is 0.324 e. The van der Waals surface area contributed by atoms with E-state index in [2.05, 4.69) is 30.9 Å². The van der Waals surface area contributed by atoms with Crippen LogP contribution in [0.15, 0.2) is 41.8 Å². The lowest BCUT2D eigenvalue weighted by molar-refractivity contribution is -0.137. The van der Waals surface area contributed by atoms with Gasteiger partial charge in [-0.05, 0) is 44.0 Å². The minimum Gasteiger partial charge on any atom is -0.387 e. The van der Waals surface area contributed by atoms with Gasteiger partial charge in [-0.15, -0.1) is 0 Å². The predicted molar refractivity (Wildman–Crippen MR) is 148 cm³/mol. The molecule has 0 aliphatic carbocycles. The highest BCUT2D eigenvalue weighted by atomic mass is 32.2. The summed E-state index contributed by atoms with van der Waals surface area (Å²) in [5, 5.41) is 28.6. The van der Waals surface area contributed by atoms with Gasteiger partial charge in [-0.1, -0.05) is 13.8 Å². The Hall–Kier alpha value is -3.70. The van der Waals surface area contributed by atoms with Crippen molar-refractivity contribution in [1.82, 2.24) is 29.1 Å². The van der Waals surface area contributed by atoms with Crippen LogP contribution in [0, 0.1) is 0 Å². The van der Waals surface area contributed by atoms with Gasteiger partial charge in [-0.25, -0.2) is 28.2 Å². The number of rotatable bonds is 11. The van der Waals surface area contributed by atoms with Crippen molar-refractivity contribution in [2.45, 2.75) is 63.0 Å². The highest BCUT2D eigenvalue weighted by molar-refractivity contribution is 7.89. The Kier molecular flexibility index (Phi) is 9.49. The Morgan fingerprint density at radius 3 is 2.32 bits per heavy atom. The lowest BCUT2D eigenvalue weighted by Gasteiger charge is -2.21. The molecular formula is C25H34N8O7S. The molecule has 4 rings (SSSR count). The van der Waals surface area contributed by atoms with Gasteiger partial charge in [0.05, 0.1) is 11.2 Å². The number of carbonyl (C=O) groups is 2. The molecule has 3 amide bonds. The summed E-state index contributed by atoms with van der Waals surface area (Å²) in [6, 6.07) is 5.17. The number of benzene rings is 1. The molecule has 3 heterocycles. The van der Waals surface area contributed by atoms with Crippen LogP contribution in [0.3, 0.4) is 0 Å².